The Morgan fingerprint density at radius 2 is 1.93 bits per heavy atom. The first-order valence-corrected chi connectivity index (χ1v) is 8.44. The molecule has 0 bridgehead atoms. The molecule has 1 amide bonds. The molecule has 0 atom stereocenters. The van der Waals surface area contributed by atoms with E-state index in [4.69, 9.17) is 28.3 Å². The van der Waals surface area contributed by atoms with Crippen molar-refractivity contribution in [2.75, 3.05) is 10.6 Å². The fourth-order valence-electron chi connectivity index (χ4n) is 2.21. The summed E-state index contributed by atoms with van der Waals surface area (Å²) in [6.45, 7) is 0. The maximum atomic E-state index is 10.7. The van der Waals surface area contributed by atoms with Crippen LogP contribution in [0, 0.1) is 0 Å². The number of amides is 1. The third kappa shape index (κ3) is 5.40. The number of carbonyl (C=O) groups is 1. The number of hydrogen-bond acceptors (Lipinski definition) is 5. The van der Waals surface area contributed by atoms with Crippen LogP contribution in [0.3, 0.4) is 0 Å². The Morgan fingerprint density at radius 3 is 2.74 bits per heavy atom. The van der Waals surface area contributed by atoms with E-state index in [1.165, 1.54) is 12.4 Å². The second-order valence-electron chi connectivity index (χ2n) is 5.32. The standard InChI is InChI=1S/C18H13Cl2N5O2/c19-15-10-22-17(20)25-16(15)23-13-3-1-2-11(8-13)4-5-12-9-14(6-7-21-12)24-18(26)27/h1-10H,(H,21,24)(H,26,27)(H,22,23,25)/b5-4-. The highest BCUT2D eigenvalue weighted by atomic mass is 35.5. The number of anilines is 3. The largest absolute Gasteiger partial charge is 0.465 e. The Morgan fingerprint density at radius 1 is 1.07 bits per heavy atom. The summed E-state index contributed by atoms with van der Waals surface area (Å²) in [5.41, 5.74) is 2.73. The third-order valence-corrected chi connectivity index (χ3v) is 3.80. The van der Waals surface area contributed by atoms with Crippen LogP contribution in [0.25, 0.3) is 12.2 Å². The summed E-state index contributed by atoms with van der Waals surface area (Å²) >= 11 is 11.9. The van der Waals surface area contributed by atoms with Gasteiger partial charge in [0.2, 0.25) is 5.28 Å². The first-order chi connectivity index (χ1) is 13.0. The molecule has 3 aromatic rings. The minimum atomic E-state index is -1.13. The molecule has 27 heavy (non-hydrogen) atoms. The quantitative estimate of drug-likeness (QED) is 0.509. The molecule has 2 heterocycles. The molecule has 136 valence electrons. The highest BCUT2D eigenvalue weighted by Gasteiger charge is 2.05. The molecule has 0 fully saturated rings. The summed E-state index contributed by atoms with van der Waals surface area (Å²) in [6, 6.07) is 10.7. The van der Waals surface area contributed by atoms with Gasteiger partial charge in [0.1, 0.15) is 5.02 Å². The van der Waals surface area contributed by atoms with Crippen molar-refractivity contribution in [1.29, 1.82) is 0 Å². The van der Waals surface area contributed by atoms with Crippen molar-refractivity contribution in [3.05, 3.63) is 70.4 Å². The van der Waals surface area contributed by atoms with E-state index in [2.05, 4.69) is 25.6 Å². The van der Waals surface area contributed by atoms with Gasteiger partial charge in [-0.1, -0.05) is 29.8 Å². The van der Waals surface area contributed by atoms with Gasteiger partial charge in [0.05, 0.1) is 11.9 Å². The van der Waals surface area contributed by atoms with Crippen LogP contribution in [0.5, 0.6) is 0 Å². The van der Waals surface area contributed by atoms with Gasteiger partial charge in [-0.25, -0.2) is 9.78 Å². The summed E-state index contributed by atoms with van der Waals surface area (Å²) in [5, 5.41) is 14.6. The molecule has 0 aliphatic rings. The Bertz CT molecular complexity index is 1010. The lowest BCUT2D eigenvalue weighted by Crippen LogP contribution is -2.07. The number of aromatic nitrogens is 3. The lowest BCUT2D eigenvalue weighted by atomic mass is 10.1. The van der Waals surface area contributed by atoms with E-state index in [0.717, 1.165) is 11.3 Å². The van der Waals surface area contributed by atoms with Crippen molar-refractivity contribution in [2.45, 2.75) is 0 Å². The molecule has 9 heteroatoms. The topological polar surface area (TPSA) is 100 Å². The number of carboxylic acid groups (broad SMARTS) is 1. The average molecular weight is 402 g/mol. The predicted molar refractivity (Wildman–Crippen MR) is 107 cm³/mol. The number of nitrogens with zero attached hydrogens (tertiary/aromatic N) is 3. The fraction of sp³-hybridized carbons (Fsp3) is 0. The molecule has 0 aliphatic carbocycles. The number of nitrogens with one attached hydrogen (secondary N) is 2. The zero-order valence-electron chi connectivity index (χ0n) is 13.7. The number of rotatable bonds is 5. The van der Waals surface area contributed by atoms with E-state index in [9.17, 15) is 4.79 Å². The van der Waals surface area contributed by atoms with Crippen LogP contribution in [-0.4, -0.2) is 26.2 Å². The zero-order chi connectivity index (χ0) is 19.2. The Kier molecular flexibility index (Phi) is 5.85. The van der Waals surface area contributed by atoms with Gasteiger partial charge in [0.25, 0.3) is 0 Å². The molecule has 1 aromatic carbocycles. The summed E-state index contributed by atoms with van der Waals surface area (Å²) in [6.07, 6.45) is 5.46. The van der Waals surface area contributed by atoms with Crippen LogP contribution in [0.15, 0.2) is 48.8 Å². The van der Waals surface area contributed by atoms with Crippen molar-refractivity contribution in [3.8, 4) is 0 Å². The highest BCUT2D eigenvalue weighted by Crippen LogP contribution is 2.24. The van der Waals surface area contributed by atoms with Crippen LogP contribution >= 0.6 is 23.2 Å². The van der Waals surface area contributed by atoms with Gasteiger partial charge in [-0.2, -0.15) is 4.98 Å². The van der Waals surface area contributed by atoms with Crippen LogP contribution < -0.4 is 10.6 Å². The van der Waals surface area contributed by atoms with E-state index in [-0.39, 0.29) is 5.28 Å². The maximum absolute atomic E-state index is 10.7. The monoisotopic (exact) mass is 401 g/mol. The summed E-state index contributed by atoms with van der Waals surface area (Å²) in [7, 11) is 0. The van der Waals surface area contributed by atoms with Crippen molar-refractivity contribution >= 4 is 58.6 Å². The molecule has 0 spiro atoms. The highest BCUT2D eigenvalue weighted by molar-refractivity contribution is 6.33. The lowest BCUT2D eigenvalue weighted by molar-refractivity contribution is 0.210. The number of pyridine rings is 1. The van der Waals surface area contributed by atoms with Gasteiger partial charge < -0.3 is 10.4 Å². The number of hydrogen-bond donors (Lipinski definition) is 3. The molecule has 7 nitrogen and oxygen atoms in total. The molecule has 0 radical (unpaired) electrons. The number of benzene rings is 1. The molecular formula is C18H13Cl2N5O2. The third-order valence-electron chi connectivity index (χ3n) is 3.34. The second kappa shape index (κ2) is 8.48. The summed E-state index contributed by atoms with van der Waals surface area (Å²) in [4.78, 5) is 22.8. The van der Waals surface area contributed by atoms with Crippen LogP contribution in [-0.2, 0) is 0 Å². The van der Waals surface area contributed by atoms with Crippen molar-refractivity contribution < 1.29 is 9.90 Å². The predicted octanol–water partition coefficient (Wildman–Crippen LogP) is 5.18. The fourth-order valence-corrected chi connectivity index (χ4v) is 2.48. The van der Waals surface area contributed by atoms with Gasteiger partial charge in [-0.3, -0.25) is 10.3 Å². The summed E-state index contributed by atoms with van der Waals surface area (Å²) in [5.74, 6) is 0.409. The van der Waals surface area contributed by atoms with Gasteiger partial charge in [-0.15, -0.1) is 0 Å². The Balaban J connectivity index is 1.77. The first kappa shape index (κ1) is 18.6. The Labute approximate surface area is 164 Å². The van der Waals surface area contributed by atoms with Crippen molar-refractivity contribution in [1.82, 2.24) is 15.0 Å². The van der Waals surface area contributed by atoms with Gasteiger partial charge in [0.15, 0.2) is 5.82 Å². The zero-order valence-corrected chi connectivity index (χ0v) is 15.2. The Hall–Kier alpha value is -3.16. The van der Waals surface area contributed by atoms with E-state index >= 15 is 0 Å². The lowest BCUT2D eigenvalue weighted by Gasteiger charge is -2.08. The van der Waals surface area contributed by atoms with Crippen LogP contribution in [0.4, 0.5) is 22.0 Å². The summed E-state index contributed by atoms with van der Waals surface area (Å²) < 4.78 is 0. The molecule has 0 unspecified atom stereocenters. The van der Waals surface area contributed by atoms with E-state index in [0.29, 0.717) is 22.2 Å². The van der Waals surface area contributed by atoms with Gasteiger partial charge in [0, 0.05) is 17.6 Å². The van der Waals surface area contributed by atoms with E-state index in [1.54, 1.807) is 18.2 Å². The average Bonchev–Trinajstić information content (AvgIpc) is 2.63. The van der Waals surface area contributed by atoms with Crippen LogP contribution in [0.1, 0.15) is 11.3 Å². The SMILES string of the molecule is O=C(O)Nc1ccnc(/C=C\c2cccc(Nc3nc(Cl)ncc3Cl)c2)c1. The van der Waals surface area contributed by atoms with Crippen molar-refractivity contribution in [3.63, 3.8) is 0 Å². The second-order valence-corrected chi connectivity index (χ2v) is 6.06. The van der Waals surface area contributed by atoms with Crippen LogP contribution in [0.2, 0.25) is 10.3 Å². The van der Waals surface area contributed by atoms with E-state index < -0.39 is 6.09 Å². The normalized spacial score (nSPS) is 10.7. The van der Waals surface area contributed by atoms with Gasteiger partial charge >= 0.3 is 6.09 Å². The molecule has 2 aromatic heterocycles. The molecule has 3 rings (SSSR count). The molecule has 3 N–H and O–H groups in total. The minimum absolute atomic E-state index is 0.0962. The smallest absolute Gasteiger partial charge is 0.409 e. The van der Waals surface area contributed by atoms with E-state index in [1.807, 2.05) is 30.3 Å². The molecule has 0 saturated heterocycles. The maximum Gasteiger partial charge on any atom is 0.409 e. The first-order valence-electron chi connectivity index (χ1n) is 7.69. The molecule has 0 saturated carbocycles. The minimum Gasteiger partial charge on any atom is -0.465 e. The number of halogens is 2. The van der Waals surface area contributed by atoms with Gasteiger partial charge in [-0.05, 0) is 47.5 Å². The molecule has 0 aliphatic heterocycles. The molecular weight excluding hydrogens is 389 g/mol. The van der Waals surface area contributed by atoms with Crippen molar-refractivity contribution in [2.24, 2.45) is 0 Å².